The minimum absolute atomic E-state index is 0.00181. The van der Waals surface area contributed by atoms with Gasteiger partial charge in [0, 0.05) is 55.8 Å². The first-order valence-electron chi connectivity index (χ1n) is 35.7. The Labute approximate surface area is 623 Å². The number of carbonyl (C=O) groups is 11. The average molecular weight is 1480 g/mol. The van der Waals surface area contributed by atoms with Gasteiger partial charge in [-0.3, -0.25) is 28.8 Å². The van der Waals surface area contributed by atoms with Crippen LogP contribution in [-0.4, -0.2) is 156 Å². The van der Waals surface area contributed by atoms with Crippen molar-refractivity contribution >= 4 is 71.3 Å². The number of hydrogen-bond donors (Lipinski definition) is 8. The lowest BCUT2D eigenvalue weighted by atomic mass is 9.44. The number of ether oxygens (including phenoxy) is 8. The topological polar surface area (TPSA) is 388 Å². The van der Waals surface area contributed by atoms with Crippen LogP contribution in [0.4, 0.5) is 20.1 Å². The molecule has 2 bridgehead atoms. The van der Waals surface area contributed by atoms with Gasteiger partial charge >= 0.3 is 42.2 Å². The normalized spacial score (nSPS) is 24.0. The summed E-state index contributed by atoms with van der Waals surface area (Å²) in [5.74, 6) is -9.68. The lowest BCUT2D eigenvalue weighted by Crippen LogP contribution is -2.82. The summed E-state index contributed by atoms with van der Waals surface area (Å²) >= 11 is 0. The van der Waals surface area contributed by atoms with Gasteiger partial charge in [-0.15, -0.1) is 0 Å². The largest absolute Gasteiger partial charge is 0.509 e. The van der Waals surface area contributed by atoms with E-state index in [1.807, 2.05) is 48.5 Å². The number of rotatable bonds is 25. The van der Waals surface area contributed by atoms with Crippen molar-refractivity contribution in [1.82, 2.24) is 21.3 Å². The molecule has 6 aromatic rings. The van der Waals surface area contributed by atoms with Crippen LogP contribution < -0.4 is 32.3 Å². The van der Waals surface area contributed by atoms with Crippen LogP contribution in [0.5, 0.6) is 0 Å². The first-order chi connectivity index (χ1) is 51.5. The molecule has 1 heterocycles. The number of benzene rings is 6. The van der Waals surface area contributed by atoms with Crippen LogP contribution in [0, 0.1) is 22.7 Å². The third kappa shape index (κ3) is 15.9. The number of amides is 6. The Kier molecular flexibility index (Phi) is 23.4. The number of alkyl carbamates (subject to hydrolysis) is 1. The number of anilines is 1. The third-order valence-electron chi connectivity index (χ3n) is 21.4. The van der Waals surface area contributed by atoms with Crippen molar-refractivity contribution in [3.63, 3.8) is 0 Å². The monoisotopic (exact) mass is 1480 g/mol. The van der Waals surface area contributed by atoms with E-state index in [9.17, 15) is 53.4 Å². The highest BCUT2D eigenvalue weighted by Gasteiger charge is 2.78. The number of fused-ring (bicyclic) bond motifs is 8. The second kappa shape index (κ2) is 32.4. The second-order valence-corrected chi connectivity index (χ2v) is 28.9. The van der Waals surface area contributed by atoms with E-state index < -0.39 is 174 Å². The molecule has 27 nitrogen and oxygen atoms in total. The summed E-state index contributed by atoms with van der Waals surface area (Å²) in [4.78, 5) is 155. The number of carbonyl (C=O) groups excluding carboxylic acids is 11. The van der Waals surface area contributed by atoms with E-state index in [1.54, 1.807) is 80.6 Å². The fraction of sp³-hybridized carbons (Fsp3) is 0.395. The molecule has 5 aliphatic rings. The molecule has 13 atom stereocenters. The van der Waals surface area contributed by atoms with E-state index in [1.165, 1.54) is 76.2 Å². The van der Waals surface area contributed by atoms with Crippen LogP contribution in [0.25, 0.3) is 11.1 Å². The number of nitrogens with one attached hydrogen (secondary N) is 5. The Hall–Kier alpha value is -11.3. The van der Waals surface area contributed by atoms with Crippen molar-refractivity contribution in [2.75, 3.05) is 25.1 Å². The molecule has 0 spiro atoms. The molecule has 6 aromatic carbocycles. The number of Topliss-reactive ketones (excluding diaryl/α,β-unsaturated/α-hetero) is 1. The smallest absolute Gasteiger partial charge is 0.455 e. The molecule has 1 saturated heterocycles. The maximum atomic E-state index is 16.0. The average Bonchev–Trinajstić information content (AvgIpc) is 0.780. The standard InChI is InChI=1S/C81H88N6O21/c1-44(2)63(87-76(98)101-42-57-55-31-20-18-29-53(55)54-30-19-21-32-56(54)57)72(94)85-58(33-22-38-83-75(82)97)71(93)84-52-36-34-48(35-37-52)41-102-77(99)106-66(64(49-23-12-9-13-24-49)86-70(92)50-25-14-10-15-26-50)74(96)105-59-40-81(100)69(107-73(95)51-27-16-11-17-28-51)67-79(8,60(90)39-61-80(67,43-103-61)108-47(5)89)68(91)65(104-46(4)88)62(45(59)3)78(81,6)7/h9-21,23-32,34-37,44,57-61,63-67,69,90,100H,22,33,38-43H2,1-8H3,(H,84,93)(H,85,94)(H,86,92)(H,87,98)(H3,82,83,97)/t58?,59-,60-,61+,63?,64-,65+,66+,67-,69-,79+,80-,81+/m0/s1. The molecule has 4 aliphatic carbocycles. The number of ketones is 1. The van der Waals surface area contributed by atoms with Gasteiger partial charge in [0.2, 0.25) is 17.9 Å². The first kappa shape index (κ1) is 77.8. The van der Waals surface area contributed by atoms with Gasteiger partial charge < -0.3 is 80.4 Å². The van der Waals surface area contributed by atoms with Gasteiger partial charge in [-0.2, -0.15) is 0 Å². The summed E-state index contributed by atoms with van der Waals surface area (Å²) < 4.78 is 48.6. The van der Waals surface area contributed by atoms with E-state index in [4.69, 9.17) is 43.6 Å². The van der Waals surface area contributed by atoms with E-state index in [2.05, 4.69) is 26.6 Å². The molecule has 3 fully saturated rings. The molecule has 11 rings (SSSR count). The van der Waals surface area contributed by atoms with Gasteiger partial charge in [0.05, 0.1) is 29.6 Å². The summed E-state index contributed by atoms with van der Waals surface area (Å²) in [6.07, 6.45) is -13.8. The second-order valence-electron chi connectivity index (χ2n) is 28.9. The summed E-state index contributed by atoms with van der Waals surface area (Å²) in [5.41, 5.74) is 1.69. The zero-order valence-electron chi connectivity index (χ0n) is 60.9. The molecule has 0 aromatic heterocycles. The van der Waals surface area contributed by atoms with Gasteiger partial charge in [-0.25, -0.2) is 24.0 Å². The molecule has 0 radical (unpaired) electrons. The quantitative estimate of drug-likeness (QED) is 0.0115. The number of primary amides is 1. The zero-order chi connectivity index (χ0) is 77.6. The molecule has 568 valence electrons. The zero-order valence-corrected chi connectivity index (χ0v) is 60.9. The summed E-state index contributed by atoms with van der Waals surface area (Å²) in [5, 5.41) is 40.1. The van der Waals surface area contributed by atoms with E-state index in [0.29, 0.717) is 5.56 Å². The molecule has 1 aliphatic heterocycles. The predicted molar refractivity (Wildman–Crippen MR) is 387 cm³/mol. The fourth-order valence-electron chi connectivity index (χ4n) is 15.8. The van der Waals surface area contributed by atoms with Gasteiger partial charge in [0.15, 0.2) is 17.5 Å². The van der Waals surface area contributed by atoms with Crippen LogP contribution in [0.1, 0.15) is 136 Å². The molecular weight excluding hydrogens is 1390 g/mol. The maximum absolute atomic E-state index is 16.0. The number of hydrogen-bond acceptors (Lipinski definition) is 21. The number of esters is 4. The SMILES string of the molecule is CC(=O)O[C@H]1C(=O)[C@@]2(C)[C@H]([C@H](OC(=O)c3ccccc3)[C@]3(O)C[C@H](OC(=O)[C@H](OC(=O)OCc4ccc(NC(=O)C(CCCNC(N)=O)NC(=O)C(NC(=O)OCC5c6ccccc6-c6ccccc65)C(C)C)cc4)[C@@H](NC(=O)c4ccccc4)c4ccccc4)C(C)=C1C3(C)C)[C@]1(OC(C)=O)CO[C@@H]1C[C@@H]2O. The Bertz CT molecular complexity index is 4400. The predicted octanol–water partition coefficient (Wildman–Crippen LogP) is 8.53. The number of aliphatic hydroxyl groups excluding tert-OH is 1. The Morgan fingerprint density at radius 1 is 0.694 bits per heavy atom. The van der Waals surface area contributed by atoms with Crippen LogP contribution in [0.2, 0.25) is 0 Å². The van der Waals surface area contributed by atoms with E-state index in [0.717, 1.165) is 36.1 Å². The van der Waals surface area contributed by atoms with Crippen molar-refractivity contribution in [2.45, 2.75) is 160 Å². The minimum atomic E-state index is -2.57. The fourth-order valence-corrected chi connectivity index (χ4v) is 15.8. The summed E-state index contributed by atoms with van der Waals surface area (Å²) in [6, 6.07) is 40.4. The molecule has 6 amide bonds. The first-order valence-corrected chi connectivity index (χ1v) is 35.7. The van der Waals surface area contributed by atoms with Gasteiger partial charge in [0.1, 0.15) is 55.3 Å². The van der Waals surface area contributed by atoms with Gasteiger partial charge in [-0.05, 0) is 114 Å². The van der Waals surface area contributed by atoms with Crippen LogP contribution in [0.3, 0.4) is 0 Å². The summed E-state index contributed by atoms with van der Waals surface area (Å²) in [6.45, 7) is 10.6. The van der Waals surface area contributed by atoms with E-state index >= 15 is 9.59 Å². The third-order valence-corrected chi connectivity index (χ3v) is 21.4. The van der Waals surface area contributed by atoms with Crippen molar-refractivity contribution < 1.29 is 101 Å². The maximum Gasteiger partial charge on any atom is 0.509 e. The van der Waals surface area contributed by atoms with Gasteiger partial charge in [-0.1, -0.05) is 155 Å². The van der Waals surface area contributed by atoms with E-state index in [-0.39, 0.29) is 71.9 Å². The highest BCUT2D eigenvalue weighted by molar-refractivity contribution is 5.99. The highest BCUT2D eigenvalue weighted by Crippen LogP contribution is 2.65. The number of urea groups is 1. The molecular formula is C81H88N6O21. The number of aliphatic hydroxyl groups is 2. The van der Waals surface area contributed by atoms with Crippen LogP contribution >= 0.6 is 0 Å². The Morgan fingerprint density at radius 3 is 1.88 bits per heavy atom. The number of nitrogens with two attached hydrogens (primary N) is 1. The summed E-state index contributed by atoms with van der Waals surface area (Å²) in [7, 11) is 0. The molecule has 9 N–H and O–H groups in total. The van der Waals surface area contributed by atoms with Crippen LogP contribution in [-0.2, 0) is 73.3 Å². The van der Waals surface area contributed by atoms with Crippen molar-refractivity contribution in [3.8, 4) is 11.1 Å². The molecule has 2 unspecified atom stereocenters. The van der Waals surface area contributed by atoms with Gasteiger partial charge in [0.25, 0.3) is 5.91 Å². The van der Waals surface area contributed by atoms with Crippen molar-refractivity contribution in [1.29, 1.82) is 0 Å². The van der Waals surface area contributed by atoms with Crippen molar-refractivity contribution in [2.24, 2.45) is 28.4 Å². The van der Waals surface area contributed by atoms with Crippen LogP contribution in [0.15, 0.2) is 175 Å². The molecule has 108 heavy (non-hydrogen) atoms. The molecule has 27 heteroatoms. The lowest BCUT2D eigenvalue weighted by molar-refractivity contribution is -0.346. The Balaban J connectivity index is 0.853. The lowest BCUT2D eigenvalue weighted by Gasteiger charge is -2.67. The highest BCUT2D eigenvalue weighted by atomic mass is 16.7. The Morgan fingerprint density at radius 2 is 1.30 bits per heavy atom. The minimum Gasteiger partial charge on any atom is -0.455 e. The van der Waals surface area contributed by atoms with Crippen molar-refractivity contribution in [3.05, 3.63) is 208 Å². The molecule has 2 saturated carbocycles.